The summed E-state index contributed by atoms with van der Waals surface area (Å²) in [5.41, 5.74) is 1.16. The van der Waals surface area contributed by atoms with Gasteiger partial charge in [-0.15, -0.1) is 0 Å². The highest BCUT2D eigenvalue weighted by Crippen LogP contribution is 2.59. The fourth-order valence-electron chi connectivity index (χ4n) is 3.34. The van der Waals surface area contributed by atoms with E-state index < -0.39 is 0 Å². The van der Waals surface area contributed by atoms with Crippen LogP contribution in [0, 0.1) is 17.8 Å². The van der Waals surface area contributed by atoms with Gasteiger partial charge in [0.2, 0.25) is 0 Å². The number of hydrogen-bond acceptors (Lipinski definition) is 2. The van der Waals surface area contributed by atoms with Gasteiger partial charge in [0.25, 0.3) is 0 Å². The lowest BCUT2D eigenvalue weighted by Gasteiger charge is -2.12. The molecule has 1 aromatic heterocycles. The number of pyridine rings is 1. The van der Waals surface area contributed by atoms with Gasteiger partial charge in [-0.05, 0) is 42.2 Å². The number of aliphatic hydroxyl groups is 1. The lowest BCUT2D eigenvalue weighted by Crippen LogP contribution is -2.16. The molecule has 2 nitrogen and oxygen atoms in total. The van der Waals surface area contributed by atoms with E-state index in [9.17, 15) is 5.11 Å². The van der Waals surface area contributed by atoms with E-state index in [2.05, 4.69) is 4.98 Å². The number of aromatic nitrogens is 1. The van der Waals surface area contributed by atoms with Crippen LogP contribution in [0.4, 0.5) is 0 Å². The first-order chi connectivity index (χ1) is 7.36. The Morgan fingerprint density at radius 3 is 2.87 bits per heavy atom. The van der Waals surface area contributed by atoms with Crippen LogP contribution < -0.4 is 0 Å². The highest BCUT2D eigenvalue weighted by molar-refractivity contribution is 5.13. The summed E-state index contributed by atoms with van der Waals surface area (Å²) < 4.78 is 0. The van der Waals surface area contributed by atoms with Crippen molar-refractivity contribution in [2.45, 2.75) is 31.8 Å². The fraction of sp³-hybridized carbons (Fsp3) is 0.615. The molecule has 2 aliphatic rings. The minimum Gasteiger partial charge on any atom is -0.392 e. The third kappa shape index (κ3) is 1.67. The van der Waals surface area contributed by atoms with E-state index in [0.29, 0.717) is 5.92 Å². The molecule has 0 amide bonds. The largest absolute Gasteiger partial charge is 0.392 e. The SMILES string of the molecule is OC(Cc1cccnc1)C1C2CCCC21. The summed E-state index contributed by atoms with van der Waals surface area (Å²) >= 11 is 0. The standard InChI is InChI=1S/C13H17NO/c15-12(7-9-3-2-6-14-8-9)13-10-4-1-5-11(10)13/h2-3,6,8,10-13,15H,1,4-5,7H2. The molecule has 15 heavy (non-hydrogen) atoms. The van der Waals surface area contributed by atoms with Gasteiger partial charge in [-0.2, -0.15) is 0 Å². The number of rotatable bonds is 3. The van der Waals surface area contributed by atoms with Crippen LogP contribution in [0.5, 0.6) is 0 Å². The zero-order valence-corrected chi connectivity index (χ0v) is 8.84. The van der Waals surface area contributed by atoms with Gasteiger partial charge in [0.05, 0.1) is 6.10 Å². The minimum absolute atomic E-state index is 0.135. The van der Waals surface area contributed by atoms with Crippen molar-refractivity contribution in [2.75, 3.05) is 0 Å². The second-order valence-corrected chi connectivity index (χ2v) is 4.97. The second kappa shape index (κ2) is 3.60. The Hall–Kier alpha value is -0.890. The summed E-state index contributed by atoms with van der Waals surface area (Å²) in [7, 11) is 0. The summed E-state index contributed by atoms with van der Waals surface area (Å²) in [5.74, 6) is 2.28. The molecular weight excluding hydrogens is 186 g/mol. The summed E-state index contributed by atoms with van der Waals surface area (Å²) in [6, 6.07) is 3.99. The van der Waals surface area contributed by atoms with Gasteiger partial charge in [-0.1, -0.05) is 12.5 Å². The number of nitrogens with zero attached hydrogens (tertiary/aromatic N) is 1. The molecule has 3 atom stereocenters. The Morgan fingerprint density at radius 1 is 1.40 bits per heavy atom. The molecule has 0 aromatic carbocycles. The first-order valence-electron chi connectivity index (χ1n) is 5.93. The average Bonchev–Trinajstić information content (AvgIpc) is 2.75. The molecule has 1 N–H and O–H groups in total. The van der Waals surface area contributed by atoms with E-state index in [1.54, 1.807) is 6.20 Å². The topological polar surface area (TPSA) is 33.1 Å². The predicted octanol–water partition coefficient (Wildman–Crippen LogP) is 2.03. The van der Waals surface area contributed by atoms with Crippen LogP contribution in [-0.4, -0.2) is 16.2 Å². The van der Waals surface area contributed by atoms with E-state index >= 15 is 0 Å². The first kappa shape index (κ1) is 9.34. The number of hydrogen-bond donors (Lipinski definition) is 1. The monoisotopic (exact) mass is 203 g/mol. The van der Waals surface area contributed by atoms with Gasteiger partial charge in [-0.25, -0.2) is 0 Å². The van der Waals surface area contributed by atoms with Crippen LogP contribution >= 0.6 is 0 Å². The number of fused-ring (bicyclic) bond motifs is 1. The smallest absolute Gasteiger partial charge is 0.0614 e. The maximum atomic E-state index is 10.1. The maximum Gasteiger partial charge on any atom is 0.0614 e. The lowest BCUT2D eigenvalue weighted by atomic mass is 10.0. The van der Waals surface area contributed by atoms with Crippen LogP contribution in [0.15, 0.2) is 24.5 Å². The van der Waals surface area contributed by atoms with Gasteiger partial charge >= 0.3 is 0 Å². The molecule has 80 valence electrons. The van der Waals surface area contributed by atoms with E-state index in [0.717, 1.165) is 23.8 Å². The van der Waals surface area contributed by atoms with Crippen molar-refractivity contribution in [3.8, 4) is 0 Å². The summed E-state index contributed by atoms with van der Waals surface area (Å²) in [5, 5.41) is 10.1. The Morgan fingerprint density at radius 2 is 2.20 bits per heavy atom. The first-order valence-corrected chi connectivity index (χ1v) is 5.93. The molecule has 2 aliphatic carbocycles. The molecule has 1 aromatic rings. The molecule has 2 heteroatoms. The van der Waals surface area contributed by atoms with Gasteiger partial charge in [-0.3, -0.25) is 4.98 Å². The fourth-order valence-corrected chi connectivity index (χ4v) is 3.34. The van der Waals surface area contributed by atoms with Crippen LogP contribution in [0.25, 0.3) is 0 Å². The molecule has 0 bridgehead atoms. The van der Waals surface area contributed by atoms with Crippen molar-refractivity contribution >= 4 is 0 Å². The summed E-state index contributed by atoms with van der Waals surface area (Å²) in [4.78, 5) is 4.08. The second-order valence-electron chi connectivity index (χ2n) is 4.97. The van der Waals surface area contributed by atoms with E-state index in [1.165, 1.54) is 19.3 Å². The molecule has 3 unspecified atom stereocenters. The predicted molar refractivity (Wildman–Crippen MR) is 58.3 cm³/mol. The molecule has 2 fully saturated rings. The molecule has 0 saturated heterocycles. The van der Waals surface area contributed by atoms with Crippen molar-refractivity contribution in [2.24, 2.45) is 17.8 Å². The molecule has 0 radical (unpaired) electrons. The molecule has 3 rings (SSSR count). The number of aliphatic hydroxyl groups excluding tert-OH is 1. The van der Waals surface area contributed by atoms with Crippen LogP contribution in [0.1, 0.15) is 24.8 Å². The van der Waals surface area contributed by atoms with Gasteiger partial charge in [0, 0.05) is 18.8 Å². The van der Waals surface area contributed by atoms with Crippen molar-refractivity contribution in [3.05, 3.63) is 30.1 Å². The Bertz CT molecular complexity index is 328. The van der Waals surface area contributed by atoms with Gasteiger partial charge in [0.1, 0.15) is 0 Å². The van der Waals surface area contributed by atoms with Crippen LogP contribution in [0.2, 0.25) is 0 Å². The molecule has 1 heterocycles. The van der Waals surface area contributed by atoms with E-state index in [-0.39, 0.29) is 6.10 Å². The Balaban J connectivity index is 1.60. The molecule has 0 spiro atoms. The van der Waals surface area contributed by atoms with E-state index in [1.807, 2.05) is 18.3 Å². The van der Waals surface area contributed by atoms with Gasteiger partial charge < -0.3 is 5.11 Å². The van der Waals surface area contributed by atoms with E-state index in [4.69, 9.17) is 0 Å². The van der Waals surface area contributed by atoms with Crippen molar-refractivity contribution in [3.63, 3.8) is 0 Å². The third-order valence-corrected chi connectivity index (χ3v) is 4.08. The van der Waals surface area contributed by atoms with Crippen molar-refractivity contribution in [1.29, 1.82) is 0 Å². The third-order valence-electron chi connectivity index (χ3n) is 4.08. The summed E-state index contributed by atoms with van der Waals surface area (Å²) in [6.07, 6.45) is 8.36. The van der Waals surface area contributed by atoms with Crippen LogP contribution in [0.3, 0.4) is 0 Å². The molecule has 2 saturated carbocycles. The molecular formula is C13H17NO. The zero-order valence-electron chi connectivity index (χ0n) is 8.84. The Labute approximate surface area is 90.4 Å². The highest BCUT2D eigenvalue weighted by Gasteiger charge is 2.55. The molecule has 0 aliphatic heterocycles. The summed E-state index contributed by atoms with van der Waals surface area (Å²) in [6.45, 7) is 0. The van der Waals surface area contributed by atoms with Crippen molar-refractivity contribution < 1.29 is 5.11 Å². The lowest BCUT2D eigenvalue weighted by molar-refractivity contribution is 0.135. The highest BCUT2D eigenvalue weighted by atomic mass is 16.3. The quantitative estimate of drug-likeness (QED) is 0.815. The normalized spacial score (nSPS) is 34.9. The van der Waals surface area contributed by atoms with Gasteiger partial charge in [0.15, 0.2) is 0 Å². The zero-order chi connectivity index (χ0) is 10.3. The van der Waals surface area contributed by atoms with Crippen LogP contribution in [-0.2, 0) is 6.42 Å². The average molecular weight is 203 g/mol. The van der Waals surface area contributed by atoms with Crippen molar-refractivity contribution in [1.82, 2.24) is 4.98 Å². The maximum absolute atomic E-state index is 10.1. The Kier molecular flexibility index (Phi) is 2.24. The minimum atomic E-state index is -0.135.